The van der Waals surface area contributed by atoms with Gasteiger partial charge in [-0.2, -0.15) is 4.39 Å². The maximum absolute atomic E-state index is 13.4. The highest BCUT2D eigenvalue weighted by atomic mass is 79.9. The monoisotopic (exact) mass is 340 g/mol. The van der Waals surface area contributed by atoms with E-state index in [-0.39, 0.29) is 5.75 Å². The number of rotatable bonds is 4. The topological polar surface area (TPSA) is 75.4 Å². The summed E-state index contributed by atoms with van der Waals surface area (Å²) < 4.78 is 14.0. The Kier molecular flexibility index (Phi) is 4.19. The minimum absolute atomic E-state index is 0.134. The minimum atomic E-state index is -0.883. The molecule has 0 fully saturated rings. The number of phenolic OH excluding ortho intramolecular Hbond substituents is 1. The molecule has 0 atom stereocenters. The quantitative estimate of drug-likeness (QED) is 0.655. The van der Waals surface area contributed by atoms with Gasteiger partial charge in [0.1, 0.15) is 5.75 Å². The standard InChI is InChI=1S/C13H10BrFN2O3/c14-10-5-8(1-4-13(10)18)7-16-9-2-3-12(17(19)20)11(15)6-9/h1-6,16,18H,7H2. The lowest BCUT2D eigenvalue weighted by molar-refractivity contribution is -0.387. The molecule has 0 aliphatic heterocycles. The SMILES string of the molecule is O=[N+]([O-])c1ccc(NCc2ccc(O)c(Br)c2)cc1F. The summed E-state index contributed by atoms with van der Waals surface area (Å²) in [6.45, 7) is 0.399. The van der Waals surface area contributed by atoms with E-state index < -0.39 is 16.4 Å². The zero-order valence-corrected chi connectivity index (χ0v) is 11.7. The van der Waals surface area contributed by atoms with Crippen LogP contribution < -0.4 is 5.32 Å². The molecule has 2 aromatic rings. The van der Waals surface area contributed by atoms with Crippen molar-refractivity contribution in [3.05, 3.63) is 62.4 Å². The first-order valence-corrected chi connectivity index (χ1v) is 6.42. The van der Waals surface area contributed by atoms with Crippen LogP contribution in [0.3, 0.4) is 0 Å². The zero-order chi connectivity index (χ0) is 14.7. The highest BCUT2D eigenvalue weighted by Crippen LogP contribution is 2.25. The summed E-state index contributed by atoms with van der Waals surface area (Å²) >= 11 is 3.20. The van der Waals surface area contributed by atoms with Gasteiger partial charge < -0.3 is 10.4 Å². The molecule has 0 aromatic heterocycles. The molecule has 0 saturated heterocycles. The van der Waals surface area contributed by atoms with Crippen LogP contribution in [0, 0.1) is 15.9 Å². The first-order valence-electron chi connectivity index (χ1n) is 5.62. The van der Waals surface area contributed by atoms with Crippen molar-refractivity contribution in [2.75, 3.05) is 5.32 Å². The van der Waals surface area contributed by atoms with Gasteiger partial charge in [-0.3, -0.25) is 10.1 Å². The second-order valence-corrected chi connectivity index (χ2v) is 4.92. The first kappa shape index (κ1) is 14.3. The fourth-order valence-corrected chi connectivity index (χ4v) is 2.06. The van der Waals surface area contributed by atoms with Gasteiger partial charge in [0, 0.05) is 24.4 Å². The molecule has 20 heavy (non-hydrogen) atoms. The molecule has 0 unspecified atom stereocenters. The van der Waals surface area contributed by atoms with Crippen LogP contribution in [0.15, 0.2) is 40.9 Å². The van der Waals surface area contributed by atoms with Crippen LogP contribution in [-0.2, 0) is 6.54 Å². The summed E-state index contributed by atoms with van der Waals surface area (Å²) in [5, 5.41) is 22.8. The first-order chi connectivity index (χ1) is 9.47. The fourth-order valence-electron chi connectivity index (χ4n) is 1.63. The molecule has 0 saturated carbocycles. The lowest BCUT2D eigenvalue weighted by Crippen LogP contribution is -2.01. The average Bonchev–Trinajstić information content (AvgIpc) is 2.40. The predicted molar refractivity (Wildman–Crippen MR) is 76.2 cm³/mol. The maximum atomic E-state index is 13.4. The lowest BCUT2D eigenvalue weighted by Gasteiger charge is -2.07. The van der Waals surface area contributed by atoms with Crippen LogP contribution >= 0.6 is 15.9 Å². The Hall–Kier alpha value is -2.15. The summed E-state index contributed by atoms with van der Waals surface area (Å²) in [4.78, 5) is 9.73. The van der Waals surface area contributed by atoms with Crippen LogP contribution in [0.4, 0.5) is 15.8 Å². The normalized spacial score (nSPS) is 10.3. The van der Waals surface area contributed by atoms with Crippen molar-refractivity contribution in [2.24, 2.45) is 0 Å². The summed E-state index contributed by atoms with van der Waals surface area (Å²) in [6, 6.07) is 8.62. The molecular weight excluding hydrogens is 331 g/mol. The van der Waals surface area contributed by atoms with Gasteiger partial charge >= 0.3 is 5.69 Å². The van der Waals surface area contributed by atoms with Gasteiger partial charge in [0.25, 0.3) is 0 Å². The molecule has 2 aromatic carbocycles. The van der Waals surface area contributed by atoms with Crippen molar-refractivity contribution in [3.8, 4) is 5.75 Å². The number of nitrogens with zero attached hydrogens (tertiary/aromatic N) is 1. The molecule has 0 heterocycles. The van der Waals surface area contributed by atoms with E-state index in [1.807, 2.05) is 0 Å². The highest BCUT2D eigenvalue weighted by Gasteiger charge is 2.13. The smallest absolute Gasteiger partial charge is 0.304 e. The molecule has 0 spiro atoms. The van der Waals surface area contributed by atoms with E-state index in [4.69, 9.17) is 0 Å². The van der Waals surface area contributed by atoms with Gasteiger partial charge in [-0.25, -0.2) is 0 Å². The summed E-state index contributed by atoms with van der Waals surface area (Å²) in [7, 11) is 0. The Balaban J connectivity index is 2.09. The average molecular weight is 341 g/mol. The zero-order valence-electron chi connectivity index (χ0n) is 10.1. The number of phenols is 1. The van der Waals surface area contributed by atoms with E-state index in [9.17, 15) is 19.6 Å². The second kappa shape index (κ2) is 5.87. The van der Waals surface area contributed by atoms with Gasteiger partial charge in [-0.05, 0) is 39.7 Å². The molecule has 0 bridgehead atoms. The van der Waals surface area contributed by atoms with E-state index in [2.05, 4.69) is 21.2 Å². The molecule has 7 heteroatoms. The number of nitro groups is 1. The molecule has 0 amide bonds. The van der Waals surface area contributed by atoms with Crippen LogP contribution in [0.1, 0.15) is 5.56 Å². The molecule has 0 radical (unpaired) electrons. The van der Waals surface area contributed by atoms with E-state index >= 15 is 0 Å². The molecule has 0 aliphatic carbocycles. The molecule has 0 aliphatic rings. The third kappa shape index (κ3) is 3.24. The molecule has 2 N–H and O–H groups in total. The van der Waals surface area contributed by atoms with Crippen molar-refractivity contribution in [3.63, 3.8) is 0 Å². The number of hydrogen-bond donors (Lipinski definition) is 2. The molecular formula is C13H10BrFN2O3. The van der Waals surface area contributed by atoms with Crippen LogP contribution in [0.5, 0.6) is 5.75 Å². The predicted octanol–water partition coefficient (Wildman–Crippen LogP) is 3.81. The third-order valence-corrected chi connectivity index (χ3v) is 3.29. The Morgan fingerprint density at radius 3 is 2.65 bits per heavy atom. The number of nitrogens with one attached hydrogen (secondary N) is 1. The van der Waals surface area contributed by atoms with Crippen molar-refractivity contribution in [2.45, 2.75) is 6.54 Å². The van der Waals surface area contributed by atoms with Gasteiger partial charge in [0.15, 0.2) is 0 Å². The van der Waals surface area contributed by atoms with E-state index in [0.29, 0.717) is 16.7 Å². The number of halogens is 2. The highest BCUT2D eigenvalue weighted by molar-refractivity contribution is 9.10. The summed E-state index contributed by atoms with van der Waals surface area (Å²) in [5.41, 5.74) is 0.758. The van der Waals surface area contributed by atoms with Gasteiger partial charge in [-0.1, -0.05) is 6.07 Å². The molecule has 5 nitrogen and oxygen atoms in total. The van der Waals surface area contributed by atoms with Gasteiger partial charge in [-0.15, -0.1) is 0 Å². The van der Waals surface area contributed by atoms with Crippen molar-refractivity contribution < 1.29 is 14.4 Å². The van der Waals surface area contributed by atoms with E-state index in [0.717, 1.165) is 17.7 Å². The largest absolute Gasteiger partial charge is 0.507 e. The number of anilines is 1. The van der Waals surface area contributed by atoms with E-state index in [1.54, 1.807) is 12.1 Å². The summed E-state index contributed by atoms with van der Waals surface area (Å²) in [6.07, 6.45) is 0. The Bertz CT molecular complexity index is 664. The van der Waals surface area contributed by atoms with Crippen molar-refractivity contribution in [1.29, 1.82) is 0 Å². The van der Waals surface area contributed by atoms with Crippen molar-refractivity contribution in [1.82, 2.24) is 0 Å². The van der Waals surface area contributed by atoms with Crippen LogP contribution in [0.2, 0.25) is 0 Å². The number of nitro benzene ring substituents is 1. The number of hydrogen-bond acceptors (Lipinski definition) is 4. The number of aromatic hydroxyl groups is 1. The third-order valence-electron chi connectivity index (χ3n) is 2.65. The number of benzene rings is 2. The van der Waals surface area contributed by atoms with E-state index in [1.165, 1.54) is 12.1 Å². The summed E-state index contributed by atoms with van der Waals surface area (Å²) in [5.74, 6) is -0.748. The fraction of sp³-hybridized carbons (Fsp3) is 0.0769. The van der Waals surface area contributed by atoms with Gasteiger partial charge in [0.05, 0.1) is 9.40 Å². The van der Waals surface area contributed by atoms with Crippen molar-refractivity contribution >= 4 is 27.3 Å². The van der Waals surface area contributed by atoms with Crippen LogP contribution in [0.25, 0.3) is 0 Å². The lowest BCUT2D eigenvalue weighted by atomic mass is 10.2. The second-order valence-electron chi connectivity index (χ2n) is 4.06. The maximum Gasteiger partial charge on any atom is 0.304 e. The van der Waals surface area contributed by atoms with Gasteiger partial charge in [0.2, 0.25) is 5.82 Å². The minimum Gasteiger partial charge on any atom is -0.507 e. The molecule has 104 valence electrons. The Morgan fingerprint density at radius 2 is 2.05 bits per heavy atom. The Labute approximate surface area is 122 Å². The Morgan fingerprint density at radius 1 is 1.30 bits per heavy atom. The molecule has 2 rings (SSSR count). The van der Waals surface area contributed by atoms with Crippen LogP contribution in [-0.4, -0.2) is 10.0 Å².